The summed E-state index contributed by atoms with van der Waals surface area (Å²) >= 11 is 0. The third-order valence-electron chi connectivity index (χ3n) is 2.64. The minimum absolute atomic E-state index is 0.561. The van der Waals surface area contributed by atoms with Crippen LogP contribution in [-0.2, 0) is 6.54 Å². The van der Waals surface area contributed by atoms with Crippen molar-refractivity contribution in [3.05, 3.63) is 35.8 Å². The smallest absolute Gasteiger partial charge is 0.213 e. The minimum atomic E-state index is 0.561. The predicted molar refractivity (Wildman–Crippen MR) is 71.7 cm³/mol. The SMILES string of the molecule is CCNc1cncc(NCc2nc(C)c(C)o2)c1. The van der Waals surface area contributed by atoms with Gasteiger partial charge in [0.15, 0.2) is 0 Å². The highest BCUT2D eigenvalue weighted by molar-refractivity contribution is 5.53. The van der Waals surface area contributed by atoms with Gasteiger partial charge < -0.3 is 15.1 Å². The van der Waals surface area contributed by atoms with Crippen LogP contribution < -0.4 is 10.6 Å². The summed E-state index contributed by atoms with van der Waals surface area (Å²) < 4.78 is 5.50. The molecule has 5 heteroatoms. The minimum Gasteiger partial charge on any atom is -0.444 e. The van der Waals surface area contributed by atoms with E-state index in [1.807, 2.05) is 19.9 Å². The summed E-state index contributed by atoms with van der Waals surface area (Å²) in [6.07, 6.45) is 3.58. The first kappa shape index (κ1) is 12.4. The van der Waals surface area contributed by atoms with Crippen LogP contribution in [0.1, 0.15) is 24.3 Å². The molecule has 5 nitrogen and oxygen atoms in total. The molecule has 2 rings (SSSR count). The van der Waals surface area contributed by atoms with Gasteiger partial charge in [-0.05, 0) is 26.8 Å². The number of aromatic nitrogens is 2. The van der Waals surface area contributed by atoms with E-state index in [1.165, 1.54) is 0 Å². The van der Waals surface area contributed by atoms with Gasteiger partial charge in [0.25, 0.3) is 0 Å². The zero-order valence-electron chi connectivity index (χ0n) is 10.9. The van der Waals surface area contributed by atoms with E-state index in [0.717, 1.165) is 29.4 Å². The molecule has 2 aromatic heterocycles. The quantitative estimate of drug-likeness (QED) is 0.849. The summed E-state index contributed by atoms with van der Waals surface area (Å²) in [4.78, 5) is 8.48. The fourth-order valence-corrected chi connectivity index (χ4v) is 1.63. The maximum atomic E-state index is 5.50. The molecule has 0 amide bonds. The molecule has 0 saturated heterocycles. The Morgan fingerprint density at radius 3 is 2.50 bits per heavy atom. The first-order chi connectivity index (χ1) is 8.69. The molecular formula is C13H18N4O. The molecule has 2 aromatic rings. The van der Waals surface area contributed by atoms with Gasteiger partial charge in [0.2, 0.25) is 5.89 Å². The topological polar surface area (TPSA) is 63.0 Å². The van der Waals surface area contributed by atoms with Gasteiger partial charge in [-0.15, -0.1) is 0 Å². The van der Waals surface area contributed by atoms with E-state index in [9.17, 15) is 0 Å². The molecule has 0 aliphatic carbocycles. The first-order valence-electron chi connectivity index (χ1n) is 6.04. The van der Waals surface area contributed by atoms with Gasteiger partial charge in [-0.1, -0.05) is 0 Å². The van der Waals surface area contributed by atoms with Crippen LogP contribution >= 0.6 is 0 Å². The van der Waals surface area contributed by atoms with E-state index in [2.05, 4.69) is 27.5 Å². The lowest BCUT2D eigenvalue weighted by molar-refractivity contribution is 0.478. The highest BCUT2D eigenvalue weighted by Gasteiger charge is 2.05. The average molecular weight is 246 g/mol. The van der Waals surface area contributed by atoms with Crippen molar-refractivity contribution in [3.8, 4) is 0 Å². The molecule has 0 saturated carbocycles. The summed E-state index contributed by atoms with van der Waals surface area (Å²) in [7, 11) is 0. The molecule has 0 spiro atoms. The van der Waals surface area contributed by atoms with Crippen LogP contribution in [0.25, 0.3) is 0 Å². The van der Waals surface area contributed by atoms with E-state index in [4.69, 9.17) is 4.42 Å². The molecule has 96 valence electrons. The number of pyridine rings is 1. The number of hydrogen-bond acceptors (Lipinski definition) is 5. The number of nitrogens with one attached hydrogen (secondary N) is 2. The number of hydrogen-bond donors (Lipinski definition) is 2. The van der Waals surface area contributed by atoms with Crippen molar-refractivity contribution in [1.82, 2.24) is 9.97 Å². The maximum absolute atomic E-state index is 5.50. The van der Waals surface area contributed by atoms with E-state index in [0.29, 0.717) is 12.4 Å². The Morgan fingerprint density at radius 1 is 1.17 bits per heavy atom. The second-order valence-corrected chi connectivity index (χ2v) is 4.10. The average Bonchev–Trinajstić information content (AvgIpc) is 2.67. The van der Waals surface area contributed by atoms with Gasteiger partial charge >= 0.3 is 0 Å². The van der Waals surface area contributed by atoms with Crippen LogP contribution in [0, 0.1) is 13.8 Å². The predicted octanol–water partition coefficient (Wildman–Crippen LogP) is 2.73. The van der Waals surface area contributed by atoms with Crippen molar-refractivity contribution >= 4 is 11.4 Å². The molecule has 0 fully saturated rings. The molecule has 2 N–H and O–H groups in total. The number of nitrogens with zero attached hydrogens (tertiary/aromatic N) is 2. The standard InChI is InChI=1S/C13H18N4O/c1-4-15-11-5-12(7-14-6-11)16-8-13-17-9(2)10(3)18-13/h5-7,15-16H,4,8H2,1-3H3. The third-order valence-corrected chi connectivity index (χ3v) is 2.64. The monoisotopic (exact) mass is 246 g/mol. The van der Waals surface area contributed by atoms with Crippen LogP contribution in [0.3, 0.4) is 0 Å². The Kier molecular flexibility index (Phi) is 3.82. The van der Waals surface area contributed by atoms with E-state index in [1.54, 1.807) is 12.4 Å². The Balaban J connectivity index is 1.99. The van der Waals surface area contributed by atoms with Crippen molar-refractivity contribution in [2.75, 3.05) is 17.2 Å². The van der Waals surface area contributed by atoms with Gasteiger partial charge in [-0.25, -0.2) is 4.98 Å². The second kappa shape index (κ2) is 5.53. The Labute approximate surface area is 107 Å². The molecule has 0 unspecified atom stereocenters. The van der Waals surface area contributed by atoms with E-state index >= 15 is 0 Å². The molecular weight excluding hydrogens is 228 g/mol. The summed E-state index contributed by atoms with van der Waals surface area (Å²) in [5.74, 6) is 1.56. The van der Waals surface area contributed by atoms with Crippen LogP contribution in [0.15, 0.2) is 22.9 Å². The molecule has 0 radical (unpaired) electrons. The molecule has 0 aliphatic rings. The largest absolute Gasteiger partial charge is 0.444 e. The molecule has 0 bridgehead atoms. The van der Waals surface area contributed by atoms with Crippen molar-refractivity contribution < 1.29 is 4.42 Å². The summed E-state index contributed by atoms with van der Waals surface area (Å²) in [6.45, 7) is 7.35. The Morgan fingerprint density at radius 2 is 1.89 bits per heavy atom. The van der Waals surface area contributed by atoms with Gasteiger partial charge in [0.1, 0.15) is 5.76 Å². The van der Waals surface area contributed by atoms with Crippen molar-refractivity contribution in [3.63, 3.8) is 0 Å². The lowest BCUT2D eigenvalue weighted by Gasteiger charge is -2.06. The molecule has 2 heterocycles. The highest BCUT2D eigenvalue weighted by Crippen LogP contribution is 2.14. The molecule has 0 aromatic carbocycles. The van der Waals surface area contributed by atoms with Gasteiger partial charge in [-0.3, -0.25) is 4.98 Å². The van der Waals surface area contributed by atoms with Gasteiger partial charge in [0.05, 0.1) is 36.0 Å². The summed E-state index contributed by atoms with van der Waals surface area (Å²) in [6, 6.07) is 2.01. The van der Waals surface area contributed by atoms with Gasteiger partial charge in [0, 0.05) is 6.54 Å². The normalized spacial score (nSPS) is 10.4. The van der Waals surface area contributed by atoms with Crippen LogP contribution in [0.4, 0.5) is 11.4 Å². The number of oxazole rings is 1. The summed E-state index contributed by atoms with van der Waals surface area (Å²) in [5, 5.41) is 6.46. The van der Waals surface area contributed by atoms with Gasteiger partial charge in [-0.2, -0.15) is 0 Å². The molecule has 18 heavy (non-hydrogen) atoms. The molecule has 0 aliphatic heterocycles. The zero-order valence-corrected chi connectivity index (χ0v) is 10.9. The van der Waals surface area contributed by atoms with Crippen molar-refractivity contribution in [1.29, 1.82) is 0 Å². The van der Waals surface area contributed by atoms with Crippen LogP contribution in [-0.4, -0.2) is 16.5 Å². The highest BCUT2D eigenvalue weighted by atomic mass is 16.4. The second-order valence-electron chi connectivity index (χ2n) is 4.10. The lowest BCUT2D eigenvalue weighted by atomic mass is 10.3. The Hall–Kier alpha value is -2.04. The fourth-order valence-electron chi connectivity index (χ4n) is 1.63. The fraction of sp³-hybridized carbons (Fsp3) is 0.385. The molecule has 0 atom stereocenters. The van der Waals surface area contributed by atoms with Crippen LogP contribution in [0.5, 0.6) is 0 Å². The van der Waals surface area contributed by atoms with E-state index < -0.39 is 0 Å². The Bertz CT molecular complexity index is 502. The summed E-state index contributed by atoms with van der Waals surface area (Å²) in [5.41, 5.74) is 2.88. The van der Waals surface area contributed by atoms with Crippen molar-refractivity contribution in [2.45, 2.75) is 27.3 Å². The lowest BCUT2D eigenvalue weighted by Crippen LogP contribution is -2.02. The number of aryl methyl sites for hydroxylation is 2. The van der Waals surface area contributed by atoms with Crippen LogP contribution in [0.2, 0.25) is 0 Å². The third kappa shape index (κ3) is 3.00. The first-order valence-corrected chi connectivity index (χ1v) is 6.04. The van der Waals surface area contributed by atoms with Crippen molar-refractivity contribution in [2.24, 2.45) is 0 Å². The van der Waals surface area contributed by atoms with E-state index in [-0.39, 0.29) is 0 Å². The number of anilines is 2. The number of rotatable bonds is 5. The maximum Gasteiger partial charge on any atom is 0.213 e. The zero-order chi connectivity index (χ0) is 13.0.